The summed E-state index contributed by atoms with van der Waals surface area (Å²) >= 11 is 0. The summed E-state index contributed by atoms with van der Waals surface area (Å²) in [6.07, 6.45) is 2.68. The molecule has 0 aliphatic heterocycles. The van der Waals surface area contributed by atoms with Crippen molar-refractivity contribution in [1.82, 2.24) is 9.97 Å². The van der Waals surface area contributed by atoms with Crippen LogP contribution >= 0.6 is 0 Å². The third-order valence-electron chi connectivity index (χ3n) is 3.85. The zero-order valence-corrected chi connectivity index (χ0v) is 13.1. The molecule has 0 bridgehead atoms. The summed E-state index contributed by atoms with van der Waals surface area (Å²) in [7, 11) is 1.74. The van der Waals surface area contributed by atoms with Crippen molar-refractivity contribution in [2.75, 3.05) is 19.0 Å². The molecule has 0 fully saturated rings. The SMILES string of the molecule is CCNc1nc(C(CC)(CC)OC)nc(C)c1CC. The quantitative estimate of drug-likeness (QED) is 0.820. The predicted molar refractivity (Wildman–Crippen MR) is 79.6 cm³/mol. The maximum absolute atomic E-state index is 5.73. The molecule has 4 nitrogen and oxygen atoms in total. The van der Waals surface area contributed by atoms with E-state index in [-0.39, 0.29) is 5.60 Å². The minimum atomic E-state index is -0.374. The van der Waals surface area contributed by atoms with Crippen LogP contribution in [0.3, 0.4) is 0 Å². The van der Waals surface area contributed by atoms with Gasteiger partial charge in [-0.05, 0) is 33.1 Å². The van der Waals surface area contributed by atoms with Crippen LogP contribution in [0.4, 0.5) is 5.82 Å². The van der Waals surface area contributed by atoms with E-state index in [0.717, 1.165) is 43.1 Å². The monoisotopic (exact) mass is 265 g/mol. The van der Waals surface area contributed by atoms with Gasteiger partial charge in [0.25, 0.3) is 0 Å². The van der Waals surface area contributed by atoms with Crippen LogP contribution in [-0.4, -0.2) is 23.6 Å². The molecule has 0 saturated heterocycles. The van der Waals surface area contributed by atoms with Crippen molar-refractivity contribution in [2.24, 2.45) is 0 Å². The van der Waals surface area contributed by atoms with Gasteiger partial charge in [-0.25, -0.2) is 9.97 Å². The molecule has 0 spiro atoms. The van der Waals surface area contributed by atoms with E-state index in [4.69, 9.17) is 14.7 Å². The van der Waals surface area contributed by atoms with Gasteiger partial charge in [0.2, 0.25) is 0 Å². The lowest BCUT2D eigenvalue weighted by atomic mass is 9.95. The number of rotatable bonds is 7. The number of nitrogens with one attached hydrogen (secondary N) is 1. The Kier molecular flexibility index (Phi) is 5.73. The minimum absolute atomic E-state index is 0.374. The van der Waals surface area contributed by atoms with E-state index in [1.54, 1.807) is 7.11 Å². The number of aromatic nitrogens is 2. The van der Waals surface area contributed by atoms with E-state index in [0.29, 0.717) is 0 Å². The Bertz CT molecular complexity index is 406. The third-order valence-corrected chi connectivity index (χ3v) is 3.85. The van der Waals surface area contributed by atoms with Crippen molar-refractivity contribution in [3.05, 3.63) is 17.1 Å². The van der Waals surface area contributed by atoms with Gasteiger partial charge in [-0.3, -0.25) is 0 Å². The van der Waals surface area contributed by atoms with Gasteiger partial charge in [0.1, 0.15) is 11.4 Å². The highest BCUT2D eigenvalue weighted by atomic mass is 16.5. The van der Waals surface area contributed by atoms with E-state index in [1.165, 1.54) is 5.56 Å². The summed E-state index contributed by atoms with van der Waals surface area (Å²) in [5, 5.41) is 3.35. The summed E-state index contributed by atoms with van der Waals surface area (Å²) in [6, 6.07) is 0. The van der Waals surface area contributed by atoms with Crippen LogP contribution in [0.5, 0.6) is 0 Å². The van der Waals surface area contributed by atoms with Gasteiger partial charge in [-0.15, -0.1) is 0 Å². The fraction of sp³-hybridized carbons (Fsp3) is 0.733. The molecule has 1 N–H and O–H groups in total. The molecule has 0 atom stereocenters. The second-order valence-electron chi connectivity index (χ2n) is 4.75. The van der Waals surface area contributed by atoms with Gasteiger partial charge in [-0.1, -0.05) is 20.8 Å². The van der Waals surface area contributed by atoms with Gasteiger partial charge in [0, 0.05) is 24.9 Å². The molecule has 1 rings (SSSR count). The molecule has 0 aliphatic carbocycles. The van der Waals surface area contributed by atoms with Gasteiger partial charge in [0.05, 0.1) is 0 Å². The van der Waals surface area contributed by atoms with Crippen molar-refractivity contribution in [3.8, 4) is 0 Å². The Morgan fingerprint density at radius 2 is 1.74 bits per heavy atom. The molecular weight excluding hydrogens is 238 g/mol. The van der Waals surface area contributed by atoms with Crippen molar-refractivity contribution < 1.29 is 4.74 Å². The van der Waals surface area contributed by atoms with Gasteiger partial charge < -0.3 is 10.1 Å². The Balaban J connectivity index is 3.37. The van der Waals surface area contributed by atoms with Crippen molar-refractivity contribution in [1.29, 1.82) is 0 Å². The Hall–Kier alpha value is -1.16. The molecule has 19 heavy (non-hydrogen) atoms. The molecule has 0 aliphatic rings. The lowest BCUT2D eigenvalue weighted by molar-refractivity contribution is -0.0291. The first-order valence-electron chi connectivity index (χ1n) is 7.25. The van der Waals surface area contributed by atoms with Gasteiger partial charge in [-0.2, -0.15) is 0 Å². The predicted octanol–water partition coefficient (Wildman–Crippen LogP) is 3.44. The molecule has 0 saturated carbocycles. The number of nitrogens with zero attached hydrogens (tertiary/aromatic N) is 2. The van der Waals surface area contributed by atoms with Crippen LogP contribution in [0, 0.1) is 6.92 Å². The molecule has 1 aromatic heterocycles. The number of ether oxygens (including phenoxy) is 1. The molecule has 1 heterocycles. The first kappa shape index (κ1) is 15.9. The summed E-state index contributed by atoms with van der Waals surface area (Å²) in [5.41, 5.74) is 1.87. The van der Waals surface area contributed by atoms with Crippen LogP contribution in [0.25, 0.3) is 0 Å². The molecule has 108 valence electrons. The Labute approximate surface area is 117 Å². The van der Waals surface area contributed by atoms with E-state index in [9.17, 15) is 0 Å². The largest absolute Gasteiger partial charge is 0.370 e. The molecule has 0 amide bonds. The highest BCUT2D eigenvalue weighted by Crippen LogP contribution is 2.31. The topological polar surface area (TPSA) is 47.0 Å². The average Bonchev–Trinajstić information content (AvgIpc) is 2.42. The van der Waals surface area contributed by atoms with Gasteiger partial charge in [0.15, 0.2) is 5.82 Å². The highest BCUT2D eigenvalue weighted by Gasteiger charge is 2.32. The molecule has 4 heteroatoms. The summed E-state index contributed by atoms with van der Waals surface area (Å²) < 4.78 is 5.73. The van der Waals surface area contributed by atoms with Crippen molar-refractivity contribution in [2.45, 2.75) is 59.5 Å². The van der Waals surface area contributed by atoms with E-state index in [2.05, 4.69) is 39.9 Å². The molecule has 0 unspecified atom stereocenters. The normalized spacial score (nSPS) is 11.7. The number of anilines is 1. The molecule has 1 aromatic rings. The fourth-order valence-corrected chi connectivity index (χ4v) is 2.48. The molecule has 0 aromatic carbocycles. The maximum atomic E-state index is 5.73. The average molecular weight is 265 g/mol. The minimum Gasteiger partial charge on any atom is -0.370 e. The number of aryl methyl sites for hydroxylation is 1. The third kappa shape index (κ3) is 3.06. The fourth-order valence-electron chi connectivity index (χ4n) is 2.48. The van der Waals surface area contributed by atoms with Crippen LogP contribution in [0.15, 0.2) is 0 Å². The summed E-state index contributed by atoms with van der Waals surface area (Å²) in [4.78, 5) is 9.43. The smallest absolute Gasteiger partial charge is 0.162 e. The lowest BCUT2D eigenvalue weighted by Crippen LogP contribution is -2.30. The Morgan fingerprint density at radius 3 is 2.16 bits per heavy atom. The number of methoxy groups -OCH3 is 1. The number of hydrogen-bond donors (Lipinski definition) is 1. The van der Waals surface area contributed by atoms with Crippen LogP contribution in [-0.2, 0) is 16.8 Å². The zero-order valence-electron chi connectivity index (χ0n) is 13.1. The van der Waals surface area contributed by atoms with Crippen molar-refractivity contribution in [3.63, 3.8) is 0 Å². The first-order valence-corrected chi connectivity index (χ1v) is 7.25. The molecule has 0 radical (unpaired) electrons. The second-order valence-corrected chi connectivity index (χ2v) is 4.75. The maximum Gasteiger partial charge on any atom is 0.162 e. The highest BCUT2D eigenvalue weighted by molar-refractivity contribution is 5.47. The van der Waals surface area contributed by atoms with Crippen LogP contribution in [0.1, 0.15) is 57.6 Å². The molecular formula is C15H27N3O. The van der Waals surface area contributed by atoms with Gasteiger partial charge >= 0.3 is 0 Å². The summed E-state index contributed by atoms with van der Waals surface area (Å²) in [6.45, 7) is 11.4. The van der Waals surface area contributed by atoms with E-state index in [1.807, 2.05) is 0 Å². The van der Waals surface area contributed by atoms with Crippen LogP contribution < -0.4 is 5.32 Å². The standard InChI is InChI=1S/C15H27N3O/c1-7-12-11(5)17-14(18-13(12)16-10-4)15(8-2,9-3)19-6/h7-10H2,1-6H3,(H,16,17,18). The Morgan fingerprint density at radius 1 is 1.11 bits per heavy atom. The van der Waals surface area contributed by atoms with E-state index < -0.39 is 0 Å². The number of hydrogen-bond acceptors (Lipinski definition) is 4. The lowest BCUT2D eigenvalue weighted by Gasteiger charge is -2.29. The second kappa shape index (κ2) is 6.85. The van der Waals surface area contributed by atoms with Crippen LogP contribution in [0.2, 0.25) is 0 Å². The first-order chi connectivity index (χ1) is 9.08. The van der Waals surface area contributed by atoms with E-state index >= 15 is 0 Å². The summed E-state index contributed by atoms with van der Waals surface area (Å²) in [5.74, 6) is 1.75. The zero-order chi connectivity index (χ0) is 14.5. The van der Waals surface area contributed by atoms with Crippen molar-refractivity contribution >= 4 is 5.82 Å².